The molecule has 0 aliphatic heterocycles. The van der Waals surface area contributed by atoms with E-state index in [4.69, 9.17) is 10.8 Å². The summed E-state index contributed by atoms with van der Waals surface area (Å²) in [7, 11) is 0. The average Bonchev–Trinajstić information content (AvgIpc) is 2.19. The van der Waals surface area contributed by atoms with Gasteiger partial charge in [-0.25, -0.2) is 0 Å². The van der Waals surface area contributed by atoms with Crippen LogP contribution in [0.4, 0.5) is 0 Å². The number of nitrogens with zero attached hydrogens (tertiary/aromatic N) is 1. The van der Waals surface area contributed by atoms with E-state index in [9.17, 15) is 0 Å². The van der Waals surface area contributed by atoms with Gasteiger partial charge in [0.25, 0.3) is 0 Å². The standard InChI is InChI=1S/C12H26N2O/c1-3-8-14(10-11-15)9-4-5-12(2)6-7-13/h3,12,15H,1,4-11,13H2,2H3. The molecule has 15 heavy (non-hydrogen) atoms. The third-order valence-corrected chi connectivity index (χ3v) is 2.63. The average molecular weight is 214 g/mol. The maximum absolute atomic E-state index is 8.86. The summed E-state index contributed by atoms with van der Waals surface area (Å²) < 4.78 is 0. The normalized spacial score (nSPS) is 13.1. The quantitative estimate of drug-likeness (QED) is 0.538. The molecular weight excluding hydrogens is 188 g/mol. The molecule has 0 spiro atoms. The van der Waals surface area contributed by atoms with Crippen LogP contribution in [0.3, 0.4) is 0 Å². The van der Waals surface area contributed by atoms with Crippen LogP contribution in [0.25, 0.3) is 0 Å². The summed E-state index contributed by atoms with van der Waals surface area (Å²) in [5.41, 5.74) is 5.50. The van der Waals surface area contributed by atoms with Crippen molar-refractivity contribution >= 4 is 0 Å². The second-order valence-electron chi connectivity index (χ2n) is 4.14. The fraction of sp³-hybridized carbons (Fsp3) is 0.833. The minimum atomic E-state index is 0.228. The summed E-state index contributed by atoms with van der Waals surface area (Å²) >= 11 is 0. The van der Waals surface area contributed by atoms with Crippen LogP contribution in [-0.2, 0) is 0 Å². The molecule has 0 aromatic rings. The summed E-state index contributed by atoms with van der Waals surface area (Å²) in [6, 6.07) is 0. The Kier molecular flexibility index (Phi) is 9.89. The molecule has 0 radical (unpaired) electrons. The minimum absolute atomic E-state index is 0.228. The van der Waals surface area contributed by atoms with E-state index >= 15 is 0 Å². The first kappa shape index (κ1) is 14.6. The van der Waals surface area contributed by atoms with Crippen LogP contribution < -0.4 is 5.73 Å². The Labute approximate surface area is 94.0 Å². The van der Waals surface area contributed by atoms with E-state index in [0.717, 1.165) is 38.5 Å². The van der Waals surface area contributed by atoms with Crippen molar-refractivity contribution in [2.24, 2.45) is 11.7 Å². The molecule has 0 bridgehead atoms. The van der Waals surface area contributed by atoms with E-state index < -0.39 is 0 Å². The molecule has 0 fully saturated rings. The van der Waals surface area contributed by atoms with Gasteiger partial charge in [0.15, 0.2) is 0 Å². The van der Waals surface area contributed by atoms with E-state index in [1.165, 1.54) is 12.8 Å². The van der Waals surface area contributed by atoms with E-state index in [0.29, 0.717) is 0 Å². The molecule has 0 heterocycles. The topological polar surface area (TPSA) is 49.5 Å². The highest BCUT2D eigenvalue weighted by molar-refractivity contribution is 4.73. The zero-order valence-electron chi connectivity index (χ0n) is 9.99. The molecule has 0 aromatic heterocycles. The number of rotatable bonds is 10. The van der Waals surface area contributed by atoms with E-state index in [1.54, 1.807) is 0 Å². The molecule has 90 valence electrons. The Hall–Kier alpha value is -0.380. The number of hydrogen-bond donors (Lipinski definition) is 2. The molecule has 0 aliphatic rings. The molecule has 3 nitrogen and oxygen atoms in total. The lowest BCUT2D eigenvalue weighted by molar-refractivity contribution is 0.204. The third kappa shape index (κ3) is 8.60. The van der Waals surface area contributed by atoms with Gasteiger partial charge in [-0.05, 0) is 38.3 Å². The Balaban J connectivity index is 3.55. The van der Waals surface area contributed by atoms with Gasteiger partial charge >= 0.3 is 0 Å². The van der Waals surface area contributed by atoms with E-state index in [1.807, 2.05) is 6.08 Å². The molecule has 0 aromatic carbocycles. The largest absolute Gasteiger partial charge is 0.395 e. The van der Waals surface area contributed by atoms with Gasteiger partial charge in [0.1, 0.15) is 0 Å². The summed E-state index contributed by atoms with van der Waals surface area (Å²) in [5, 5.41) is 8.86. The van der Waals surface area contributed by atoms with Crippen molar-refractivity contribution in [1.29, 1.82) is 0 Å². The van der Waals surface area contributed by atoms with Crippen LogP contribution in [0.5, 0.6) is 0 Å². The fourth-order valence-corrected chi connectivity index (χ4v) is 1.71. The van der Waals surface area contributed by atoms with Crippen LogP contribution >= 0.6 is 0 Å². The maximum atomic E-state index is 8.86. The van der Waals surface area contributed by atoms with Crippen LogP contribution in [0.1, 0.15) is 26.2 Å². The van der Waals surface area contributed by atoms with Gasteiger partial charge in [0.05, 0.1) is 6.61 Å². The zero-order chi connectivity index (χ0) is 11.5. The second-order valence-corrected chi connectivity index (χ2v) is 4.14. The van der Waals surface area contributed by atoms with Crippen molar-refractivity contribution < 1.29 is 5.11 Å². The van der Waals surface area contributed by atoms with E-state index in [-0.39, 0.29) is 6.61 Å². The number of hydrogen-bond acceptors (Lipinski definition) is 3. The Morgan fingerprint density at radius 1 is 1.40 bits per heavy atom. The predicted molar refractivity (Wildman–Crippen MR) is 65.8 cm³/mol. The smallest absolute Gasteiger partial charge is 0.0558 e. The number of aliphatic hydroxyl groups excluding tert-OH is 1. The zero-order valence-corrected chi connectivity index (χ0v) is 9.99. The summed E-state index contributed by atoms with van der Waals surface area (Å²) in [6.07, 6.45) is 5.39. The van der Waals surface area contributed by atoms with Crippen LogP contribution in [0.2, 0.25) is 0 Å². The van der Waals surface area contributed by atoms with Crippen LogP contribution in [0, 0.1) is 5.92 Å². The van der Waals surface area contributed by atoms with Gasteiger partial charge in [-0.3, -0.25) is 4.90 Å². The van der Waals surface area contributed by atoms with Gasteiger partial charge in [0, 0.05) is 13.1 Å². The van der Waals surface area contributed by atoms with Gasteiger partial charge in [-0.15, -0.1) is 6.58 Å². The first-order valence-electron chi connectivity index (χ1n) is 5.88. The summed E-state index contributed by atoms with van der Waals surface area (Å²) in [4.78, 5) is 2.22. The van der Waals surface area contributed by atoms with Crippen molar-refractivity contribution in [2.75, 3.05) is 32.8 Å². The molecule has 1 atom stereocenters. The Morgan fingerprint density at radius 2 is 2.13 bits per heavy atom. The monoisotopic (exact) mass is 214 g/mol. The molecule has 0 amide bonds. The van der Waals surface area contributed by atoms with Gasteiger partial charge in [-0.1, -0.05) is 13.0 Å². The number of nitrogens with two attached hydrogens (primary N) is 1. The minimum Gasteiger partial charge on any atom is -0.395 e. The van der Waals surface area contributed by atoms with Crippen LogP contribution in [-0.4, -0.2) is 42.8 Å². The SMILES string of the molecule is C=CCN(CCO)CCCC(C)CCN. The van der Waals surface area contributed by atoms with Crippen molar-refractivity contribution in [3.8, 4) is 0 Å². The fourth-order valence-electron chi connectivity index (χ4n) is 1.71. The lowest BCUT2D eigenvalue weighted by atomic mass is 10.0. The molecule has 3 N–H and O–H groups in total. The van der Waals surface area contributed by atoms with Crippen molar-refractivity contribution in [3.05, 3.63) is 12.7 Å². The number of aliphatic hydroxyl groups is 1. The molecule has 0 saturated carbocycles. The first-order valence-corrected chi connectivity index (χ1v) is 5.88. The van der Waals surface area contributed by atoms with E-state index in [2.05, 4.69) is 18.4 Å². The highest BCUT2D eigenvalue weighted by Gasteiger charge is 2.04. The van der Waals surface area contributed by atoms with Crippen molar-refractivity contribution in [1.82, 2.24) is 4.90 Å². The highest BCUT2D eigenvalue weighted by atomic mass is 16.3. The lowest BCUT2D eigenvalue weighted by Gasteiger charge is -2.20. The van der Waals surface area contributed by atoms with Crippen molar-refractivity contribution in [2.45, 2.75) is 26.2 Å². The Bertz CT molecular complexity index is 151. The van der Waals surface area contributed by atoms with Crippen molar-refractivity contribution in [3.63, 3.8) is 0 Å². The maximum Gasteiger partial charge on any atom is 0.0558 e. The van der Waals surface area contributed by atoms with Gasteiger partial charge in [0.2, 0.25) is 0 Å². The second kappa shape index (κ2) is 10.1. The molecule has 3 heteroatoms. The highest BCUT2D eigenvalue weighted by Crippen LogP contribution is 2.09. The summed E-state index contributed by atoms with van der Waals surface area (Å²) in [6.45, 7) is 9.63. The molecule has 1 unspecified atom stereocenters. The lowest BCUT2D eigenvalue weighted by Crippen LogP contribution is -2.28. The summed E-state index contributed by atoms with van der Waals surface area (Å²) in [5.74, 6) is 0.717. The molecule has 0 rings (SSSR count). The van der Waals surface area contributed by atoms with Gasteiger partial charge < -0.3 is 10.8 Å². The molecular formula is C12H26N2O. The van der Waals surface area contributed by atoms with Crippen LogP contribution in [0.15, 0.2) is 12.7 Å². The Morgan fingerprint density at radius 3 is 2.67 bits per heavy atom. The predicted octanol–water partition coefficient (Wildman–Crippen LogP) is 1.23. The first-order chi connectivity index (χ1) is 7.24. The molecule has 0 saturated heterocycles. The van der Waals surface area contributed by atoms with Gasteiger partial charge in [-0.2, -0.15) is 0 Å². The third-order valence-electron chi connectivity index (χ3n) is 2.63. The molecule has 0 aliphatic carbocycles.